The van der Waals surface area contributed by atoms with Gasteiger partial charge in [-0.05, 0) is 51.1 Å². The van der Waals surface area contributed by atoms with Crippen LogP contribution < -0.4 is 4.74 Å². The van der Waals surface area contributed by atoms with Crippen molar-refractivity contribution in [1.29, 1.82) is 0 Å². The molecular formula is C24H32N4O3S. The number of ether oxygens (including phenoxy) is 1. The summed E-state index contributed by atoms with van der Waals surface area (Å²) < 4.78 is 35.5. The first-order chi connectivity index (χ1) is 15.4. The van der Waals surface area contributed by atoms with Crippen molar-refractivity contribution in [2.24, 2.45) is 0 Å². The van der Waals surface area contributed by atoms with Crippen LogP contribution in [0.5, 0.6) is 5.75 Å². The molecule has 0 bridgehead atoms. The highest BCUT2D eigenvalue weighted by Crippen LogP contribution is 2.26. The number of fused-ring (bicyclic) bond motifs is 1. The number of hydrogen-bond donors (Lipinski definition) is 0. The average molecular weight is 457 g/mol. The highest BCUT2D eigenvalue weighted by molar-refractivity contribution is 7.89. The number of aryl methyl sites for hydroxylation is 1. The number of benzene rings is 2. The van der Waals surface area contributed by atoms with Crippen LogP contribution in [0, 0.1) is 0 Å². The number of methoxy groups -OCH3 is 1. The highest BCUT2D eigenvalue weighted by atomic mass is 32.2. The molecule has 0 atom stereocenters. The zero-order valence-electron chi connectivity index (χ0n) is 19.1. The van der Waals surface area contributed by atoms with Gasteiger partial charge in [-0.3, -0.25) is 4.90 Å². The third kappa shape index (κ3) is 4.53. The van der Waals surface area contributed by atoms with Crippen molar-refractivity contribution in [1.82, 2.24) is 18.8 Å². The predicted molar refractivity (Wildman–Crippen MR) is 126 cm³/mol. The fraction of sp³-hybridized carbons (Fsp3) is 0.458. The molecule has 2 heterocycles. The maximum Gasteiger partial charge on any atom is 0.243 e. The van der Waals surface area contributed by atoms with Gasteiger partial charge in [-0.15, -0.1) is 0 Å². The molecule has 32 heavy (non-hydrogen) atoms. The van der Waals surface area contributed by atoms with Gasteiger partial charge < -0.3 is 9.30 Å². The number of imidazole rings is 1. The molecule has 8 heteroatoms. The van der Waals surface area contributed by atoms with Gasteiger partial charge in [0.2, 0.25) is 10.0 Å². The number of aromatic nitrogens is 2. The lowest BCUT2D eigenvalue weighted by Gasteiger charge is -2.25. The summed E-state index contributed by atoms with van der Waals surface area (Å²) in [4.78, 5) is 7.36. The smallest absolute Gasteiger partial charge is 0.243 e. The van der Waals surface area contributed by atoms with Gasteiger partial charge in [0, 0.05) is 31.7 Å². The van der Waals surface area contributed by atoms with Gasteiger partial charge in [0.05, 0.1) is 29.6 Å². The molecule has 0 unspecified atom stereocenters. The molecule has 3 aromatic rings. The zero-order chi connectivity index (χ0) is 22.7. The molecule has 1 aliphatic rings. The summed E-state index contributed by atoms with van der Waals surface area (Å²) in [7, 11) is 0.263. The Morgan fingerprint density at radius 3 is 2.53 bits per heavy atom. The summed E-state index contributed by atoms with van der Waals surface area (Å²) in [5.74, 6) is 1.79. The highest BCUT2D eigenvalue weighted by Gasteiger charge is 2.26. The topological polar surface area (TPSA) is 67.7 Å². The average Bonchev–Trinajstić information content (AvgIpc) is 3.15. The molecule has 2 aromatic carbocycles. The van der Waals surface area contributed by atoms with E-state index >= 15 is 0 Å². The molecule has 0 amide bonds. The van der Waals surface area contributed by atoms with Gasteiger partial charge in [-0.25, -0.2) is 13.4 Å². The third-order valence-corrected chi connectivity index (χ3v) is 8.01. The van der Waals surface area contributed by atoms with Crippen molar-refractivity contribution < 1.29 is 13.2 Å². The third-order valence-electron chi connectivity index (χ3n) is 6.11. The standard InChI is InChI=1S/C24H32N4O3S/c1-4-28-22-13-12-20(32(29,30)27-14-8-5-9-15-27)16-21(22)25-24(28)18-26(2)17-19-10-6-7-11-23(19)31-3/h6-7,10-13,16H,4-5,8-9,14-15,17-18H2,1-3H3. The van der Waals surface area contributed by atoms with Gasteiger partial charge >= 0.3 is 0 Å². The van der Waals surface area contributed by atoms with Crippen molar-refractivity contribution in [3.05, 3.63) is 53.9 Å². The van der Waals surface area contributed by atoms with Crippen molar-refractivity contribution in [2.75, 3.05) is 27.2 Å². The lowest BCUT2D eigenvalue weighted by Crippen LogP contribution is -2.35. The van der Waals surface area contributed by atoms with Crippen molar-refractivity contribution in [2.45, 2.75) is 50.7 Å². The van der Waals surface area contributed by atoms with Crippen molar-refractivity contribution in [3.63, 3.8) is 0 Å². The van der Waals surface area contributed by atoms with Crippen molar-refractivity contribution >= 4 is 21.1 Å². The molecule has 4 rings (SSSR count). The first-order valence-electron chi connectivity index (χ1n) is 11.2. The fourth-order valence-electron chi connectivity index (χ4n) is 4.47. The second-order valence-corrected chi connectivity index (χ2v) is 10.3. The van der Waals surface area contributed by atoms with Crippen LogP contribution in [0.15, 0.2) is 47.4 Å². The van der Waals surface area contributed by atoms with Crippen molar-refractivity contribution in [3.8, 4) is 5.75 Å². The van der Waals surface area contributed by atoms with Crippen LogP contribution in [-0.2, 0) is 29.7 Å². The van der Waals surface area contributed by atoms with Gasteiger partial charge in [-0.2, -0.15) is 4.31 Å². The summed E-state index contributed by atoms with van der Waals surface area (Å²) in [6.45, 7) is 5.43. The number of para-hydroxylation sites is 1. The summed E-state index contributed by atoms with van der Waals surface area (Å²) in [5.41, 5.74) is 2.81. The molecule has 0 spiro atoms. The molecule has 1 saturated heterocycles. The van der Waals surface area contributed by atoms with E-state index in [-0.39, 0.29) is 0 Å². The molecule has 0 saturated carbocycles. The van der Waals surface area contributed by atoms with E-state index < -0.39 is 10.0 Å². The van der Waals surface area contributed by atoms with Crippen LogP contribution in [0.4, 0.5) is 0 Å². The summed E-state index contributed by atoms with van der Waals surface area (Å²) in [5, 5.41) is 0. The van der Waals surface area contributed by atoms with Gasteiger partial charge in [0.15, 0.2) is 0 Å². The summed E-state index contributed by atoms with van der Waals surface area (Å²) in [6, 6.07) is 13.4. The molecule has 1 fully saturated rings. The summed E-state index contributed by atoms with van der Waals surface area (Å²) in [6.07, 6.45) is 2.95. The predicted octanol–water partition coefficient (Wildman–Crippen LogP) is 3.87. The number of nitrogens with zero attached hydrogens (tertiary/aromatic N) is 4. The Balaban J connectivity index is 1.60. The Morgan fingerprint density at radius 1 is 1.06 bits per heavy atom. The Hall–Kier alpha value is -2.42. The molecule has 0 aliphatic carbocycles. The van der Waals surface area contributed by atoms with Crippen LogP contribution in [0.3, 0.4) is 0 Å². The minimum Gasteiger partial charge on any atom is -0.496 e. The van der Waals surface area contributed by atoms with Crippen LogP contribution >= 0.6 is 0 Å². The Morgan fingerprint density at radius 2 is 1.81 bits per heavy atom. The molecule has 0 radical (unpaired) electrons. The molecule has 1 aliphatic heterocycles. The zero-order valence-corrected chi connectivity index (χ0v) is 19.9. The second kappa shape index (κ2) is 9.60. The Labute approximate surface area is 190 Å². The molecule has 1 aromatic heterocycles. The lowest BCUT2D eigenvalue weighted by molar-refractivity contribution is 0.299. The monoisotopic (exact) mass is 456 g/mol. The number of sulfonamides is 1. The minimum atomic E-state index is -3.48. The largest absolute Gasteiger partial charge is 0.496 e. The van der Waals surface area contributed by atoms with Gasteiger partial charge in [-0.1, -0.05) is 24.6 Å². The van der Waals surface area contributed by atoms with Crippen LogP contribution in [-0.4, -0.2) is 54.4 Å². The SMILES string of the molecule is CCn1c(CN(C)Cc2ccccc2OC)nc2cc(S(=O)(=O)N3CCCCC3)ccc21. The maximum absolute atomic E-state index is 13.1. The number of rotatable bonds is 8. The van der Waals surface area contributed by atoms with Crippen LogP contribution in [0.1, 0.15) is 37.6 Å². The first kappa shape index (κ1) is 22.8. The number of hydrogen-bond acceptors (Lipinski definition) is 5. The van der Waals surface area contributed by atoms with Gasteiger partial charge in [0.25, 0.3) is 0 Å². The summed E-state index contributed by atoms with van der Waals surface area (Å²) >= 11 is 0. The van der Waals surface area contributed by atoms with Crippen LogP contribution in [0.2, 0.25) is 0 Å². The van der Waals surface area contributed by atoms with E-state index in [9.17, 15) is 8.42 Å². The Kier molecular flexibility index (Phi) is 6.83. The van der Waals surface area contributed by atoms with E-state index in [1.54, 1.807) is 23.5 Å². The quantitative estimate of drug-likeness (QED) is 0.515. The minimum absolute atomic E-state index is 0.335. The van der Waals surface area contributed by atoms with E-state index in [4.69, 9.17) is 9.72 Å². The van der Waals surface area contributed by atoms with Gasteiger partial charge in [0.1, 0.15) is 11.6 Å². The maximum atomic E-state index is 13.1. The first-order valence-corrected chi connectivity index (χ1v) is 12.7. The van der Waals surface area contributed by atoms with E-state index in [1.807, 2.05) is 24.3 Å². The van der Waals surface area contributed by atoms with E-state index in [2.05, 4.69) is 29.5 Å². The molecule has 172 valence electrons. The lowest BCUT2D eigenvalue weighted by atomic mass is 10.2. The van der Waals surface area contributed by atoms with Crippen LogP contribution in [0.25, 0.3) is 11.0 Å². The second-order valence-electron chi connectivity index (χ2n) is 8.37. The van der Waals surface area contributed by atoms with E-state index in [0.717, 1.165) is 60.5 Å². The van der Waals surface area contributed by atoms with E-state index in [1.165, 1.54) is 0 Å². The fourth-order valence-corrected chi connectivity index (χ4v) is 6.01. The normalized spacial score (nSPS) is 15.5. The molecule has 7 nitrogen and oxygen atoms in total. The molecular weight excluding hydrogens is 424 g/mol. The Bertz CT molecular complexity index is 1180. The number of piperidine rings is 1. The van der Waals surface area contributed by atoms with E-state index in [0.29, 0.717) is 24.5 Å². The molecule has 0 N–H and O–H groups in total.